The minimum atomic E-state index is -0.198. The van der Waals surface area contributed by atoms with Gasteiger partial charge in [0.1, 0.15) is 0 Å². The maximum absolute atomic E-state index is 12.6. The molecule has 132 valence electrons. The molecule has 2 aromatic carbocycles. The largest absolute Gasteiger partial charge is 0.322 e. The van der Waals surface area contributed by atoms with Gasteiger partial charge in [0.15, 0.2) is 0 Å². The normalized spacial score (nSPS) is 10.6. The molecule has 0 saturated carbocycles. The van der Waals surface area contributed by atoms with Crippen molar-refractivity contribution in [3.05, 3.63) is 95.9 Å². The molecule has 27 heavy (non-hydrogen) atoms. The monoisotopic (exact) mass is 374 g/mol. The van der Waals surface area contributed by atoms with Gasteiger partial charge in [0.05, 0.1) is 16.4 Å². The van der Waals surface area contributed by atoms with E-state index in [0.29, 0.717) is 16.3 Å². The number of amides is 1. The first-order valence-electron chi connectivity index (χ1n) is 8.33. The third-order valence-corrected chi connectivity index (χ3v) is 4.39. The third-order valence-electron chi connectivity index (χ3n) is 4.06. The quantitative estimate of drug-likeness (QED) is 0.556. The van der Waals surface area contributed by atoms with Crippen LogP contribution in [0, 0.1) is 0 Å². The Morgan fingerprint density at radius 2 is 1.81 bits per heavy atom. The van der Waals surface area contributed by atoms with Gasteiger partial charge in [-0.2, -0.15) is 5.10 Å². The predicted octanol–water partition coefficient (Wildman–Crippen LogP) is 4.84. The van der Waals surface area contributed by atoms with E-state index in [1.165, 1.54) is 0 Å². The number of carbonyl (C=O) groups is 1. The van der Waals surface area contributed by atoms with E-state index in [0.717, 1.165) is 16.9 Å². The van der Waals surface area contributed by atoms with Crippen LogP contribution in [0.4, 0.5) is 5.69 Å². The van der Waals surface area contributed by atoms with Crippen molar-refractivity contribution in [1.82, 2.24) is 14.8 Å². The molecule has 0 radical (unpaired) electrons. The highest BCUT2D eigenvalue weighted by Crippen LogP contribution is 2.29. The number of benzene rings is 2. The summed E-state index contributed by atoms with van der Waals surface area (Å²) < 4.78 is 1.74. The van der Waals surface area contributed by atoms with Gasteiger partial charge in [-0.15, -0.1) is 0 Å². The highest BCUT2D eigenvalue weighted by Gasteiger charge is 2.10. The lowest BCUT2D eigenvalue weighted by molar-refractivity contribution is 0.102. The van der Waals surface area contributed by atoms with Crippen LogP contribution >= 0.6 is 11.6 Å². The van der Waals surface area contributed by atoms with Gasteiger partial charge >= 0.3 is 0 Å². The van der Waals surface area contributed by atoms with Crippen LogP contribution in [-0.2, 0) is 0 Å². The van der Waals surface area contributed by atoms with E-state index in [2.05, 4.69) is 15.4 Å². The van der Waals surface area contributed by atoms with E-state index in [4.69, 9.17) is 11.6 Å². The molecule has 4 aromatic rings. The average molecular weight is 375 g/mol. The van der Waals surface area contributed by atoms with Crippen LogP contribution in [0.3, 0.4) is 0 Å². The third kappa shape index (κ3) is 3.73. The minimum Gasteiger partial charge on any atom is -0.322 e. The van der Waals surface area contributed by atoms with E-state index < -0.39 is 0 Å². The van der Waals surface area contributed by atoms with Crippen molar-refractivity contribution in [2.24, 2.45) is 0 Å². The van der Waals surface area contributed by atoms with E-state index in [1.54, 1.807) is 41.3 Å². The molecule has 0 aliphatic heterocycles. The van der Waals surface area contributed by atoms with Crippen molar-refractivity contribution in [2.45, 2.75) is 0 Å². The number of rotatable bonds is 4. The molecule has 6 heteroatoms. The summed E-state index contributed by atoms with van der Waals surface area (Å²) in [6.07, 6.45) is 5.26. The van der Waals surface area contributed by atoms with Crippen molar-refractivity contribution < 1.29 is 4.79 Å². The Morgan fingerprint density at radius 3 is 2.52 bits per heavy atom. The Bertz CT molecular complexity index is 1060. The highest BCUT2D eigenvalue weighted by molar-refractivity contribution is 6.33. The molecular weight excluding hydrogens is 360 g/mol. The van der Waals surface area contributed by atoms with Crippen molar-refractivity contribution in [2.75, 3.05) is 5.32 Å². The molecule has 0 atom stereocenters. The first kappa shape index (κ1) is 17.0. The van der Waals surface area contributed by atoms with Gasteiger partial charge in [-0.05, 0) is 60.7 Å². The summed E-state index contributed by atoms with van der Waals surface area (Å²) in [5, 5.41) is 7.65. The van der Waals surface area contributed by atoms with Crippen LogP contribution in [-0.4, -0.2) is 20.7 Å². The lowest BCUT2D eigenvalue weighted by Crippen LogP contribution is -2.12. The molecule has 2 heterocycles. The number of hydrogen-bond acceptors (Lipinski definition) is 3. The second kappa shape index (κ2) is 7.43. The SMILES string of the molecule is O=C(Nc1ccc(Cl)c(-c2ccccn2)c1)c1ccc(-n2cccn2)cc1. The van der Waals surface area contributed by atoms with Gasteiger partial charge in [0.2, 0.25) is 0 Å². The summed E-state index contributed by atoms with van der Waals surface area (Å²) in [6.45, 7) is 0. The number of anilines is 1. The summed E-state index contributed by atoms with van der Waals surface area (Å²) in [6, 6.07) is 20.0. The molecule has 5 nitrogen and oxygen atoms in total. The second-order valence-corrected chi connectivity index (χ2v) is 6.27. The first-order chi connectivity index (χ1) is 13.2. The molecule has 2 aromatic heterocycles. The van der Waals surface area contributed by atoms with Crippen LogP contribution in [0.2, 0.25) is 5.02 Å². The number of nitrogens with zero attached hydrogens (tertiary/aromatic N) is 3. The standard InChI is InChI=1S/C21H15ClN4O/c22-19-10-7-16(14-18(19)20-4-1-2-11-23-20)25-21(27)15-5-8-17(9-6-15)26-13-3-12-24-26/h1-14H,(H,25,27). The Hall–Kier alpha value is -3.44. The number of halogens is 1. The van der Waals surface area contributed by atoms with E-state index in [1.807, 2.05) is 48.7 Å². The van der Waals surface area contributed by atoms with Gasteiger partial charge in [-0.1, -0.05) is 17.7 Å². The predicted molar refractivity (Wildman–Crippen MR) is 106 cm³/mol. The number of nitrogens with one attached hydrogen (secondary N) is 1. The van der Waals surface area contributed by atoms with Gasteiger partial charge in [-0.3, -0.25) is 9.78 Å². The average Bonchev–Trinajstić information content (AvgIpc) is 3.25. The molecule has 0 bridgehead atoms. The van der Waals surface area contributed by atoms with Crippen molar-refractivity contribution in [1.29, 1.82) is 0 Å². The molecule has 0 aliphatic carbocycles. The number of pyridine rings is 1. The summed E-state index contributed by atoms with van der Waals surface area (Å²) in [7, 11) is 0. The summed E-state index contributed by atoms with van der Waals surface area (Å²) in [4.78, 5) is 16.9. The van der Waals surface area contributed by atoms with Gasteiger partial charge in [0, 0.05) is 35.4 Å². The zero-order valence-electron chi connectivity index (χ0n) is 14.2. The second-order valence-electron chi connectivity index (χ2n) is 5.86. The molecule has 0 saturated heterocycles. The van der Waals surface area contributed by atoms with Gasteiger partial charge in [-0.25, -0.2) is 4.68 Å². The summed E-state index contributed by atoms with van der Waals surface area (Å²) in [5.74, 6) is -0.198. The Morgan fingerprint density at radius 1 is 0.963 bits per heavy atom. The zero-order valence-corrected chi connectivity index (χ0v) is 15.0. The van der Waals surface area contributed by atoms with Crippen molar-refractivity contribution in [3.63, 3.8) is 0 Å². The maximum Gasteiger partial charge on any atom is 0.255 e. The van der Waals surface area contributed by atoms with Crippen LogP contribution in [0.15, 0.2) is 85.3 Å². The Kier molecular flexibility index (Phi) is 4.68. The van der Waals surface area contributed by atoms with Crippen LogP contribution < -0.4 is 5.32 Å². The van der Waals surface area contributed by atoms with Crippen molar-refractivity contribution >= 4 is 23.2 Å². The molecule has 1 N–H and O–H groups in total. The zero-order chi connectivity index (χ0) is 18.6. The molecule has 0 aliphatic rings. The fourth-order valence-electron chi connectivity index (χ4n) is 2.71. The summed E-state index contributed by atoms with van der Waals surface area (Å²) >= 11 is 6.29. The van der Waals surface area contributed by atoms with Crippen LogP contribution in [0.5, 0.6) is 0 Å². The first-order valence-corrected chi connectivity index (χ1v) is 8.71. The fraction of sp³-hybridized carbons (Fsp3) is 0. The van der Waals surface area contributed by atoms with Crippen molar-refractivity contribution in [3.8, 4) is 16.9 Å². The van der Waals surface area contributed by atoms with Gasteiger partial charge in [0.25, 0.3) is 5.91 Å². The molecular formula is C21H15ClN4O. The van der Waals surface area contributed by atoms with Crippen LogP contribution in [0.25, 0.3) is 16.9 Å². The Labute approximate surface area is 161 Å². The Balaban J connectivity index is 1.55. The topological polar surface area (TPSA) is 59.8 Å². The van der Waals surface area contributed by atoms with Gasteiger partial charge < -0.3 is 5.32 Å². The van der Waals surface area contributed by atoms with Crippen LogP contribution in [0.1, 0.15) is 10.4 Å². The molecule has 0 unspecified atom stereocenters. The number of hydrogen-bond donors (Lipinski definition) is 1. The van der Waals surface area contributed by atoms with E-state index in [9.17, 15) is 4.79 Å². The number of carbonyl (C=O) groups excluding carboxylic acids is 1. The fourth-order valence-corrected chi connectivity index (χ4v) is 2.93. The maximum atomic E-state index is 12.6. The molecule has 0 fully saturated rings. The minimum absolute atomic E-state index is 0.198. The lowest BCUT2D eigenvalue weighted by Gasteiger charge is -2.10. The highest BCUT2D eigenvalue weighted by atomic mass is 35.5. The number of aromatic nitrogens is 3. The van der Waals surface area contributed by atoms with E-state index in [-0.39, 0.29) is 5.91 Å². The summed E-state index contributed by atoms with van der Waals surface area (Å²) in [5.41, 5.74) is 3.62. The van der Waals surface area contributed by atoms with E-state index >= 15 is 0 Å². The molecule has 0 spiro atoms. The smallest absolute Gasteiger partial charge is 0.255 e. The molecule has 1 amide bonds. The lowest BCUT2D eigenvalue weighted by atomic mass is 10.1. The molecule has 4 rings (SSSR count).